The van der Waals surface area contributed by atoms with Crippen LogP contribution < -0.4 is 14.8 Å². The van der Waals surface area contributed by atoms with Gasteiger partial charge in [-0.3, -0.25) is 4.79 Å². The molecule has 0 aromatic heterocycles. The molecule has 0 spiro atoms. The fourth-order valence-corrected chi connectivity index (χ4v) is 5.35. The summed E-state index contributed by atoms with van der Waals surface area (Å²) in [6.07, 6.45) is 0. The molecule has 0 aliphatic carbocycles. The van der Waals surface area contributed by atoms with Crippen molar-refractivity contribution in [2.75, 3.05) is 19.0 Å². The molecule has 0 heterocycles. The molecule has 4 aromatic carbocycles. The molecule has 37 heavy (non-hydrogen) atoms. The van der Waals surface area contributed by atoms with E-state index in [1.54, 1.807) is 49.4 Å². The topological polar surface area (TPSA) is 84.9 Å². The zero-order chi connectivity index (χ0) is 26.3. The Morgan fingerprint density at radius 3 is 2.11 bits per heavy atom. The lowest BCUT2D eigenvalue weighted by Gasteiger charge is -2.23. The van der Waals surface area contributed by atoms with E-state index in [0.717, 1.165) is 15.4 Å². The zero-order valence-electron chi connectivity index (χ0n) is 20.6. The van der Waals surface area contributed by atoms with Crippen LogP contribution in [0.1, 0.15) is 11.1 Å². The molecule has 0 fully saturated rings. The third kappa shape index (κ3) is 6.75. The van der Waals surface area contributed by atoms with Crippen molar-refractivity contribution < 1.29 is 22.7 Å². The maximum Gasteiger partial charge on any atom is 0.247 e. The number of methoxy groups -OCH3 is 1. The van der Waals surface area contributed by atoms with Crippen molar-refractivity contribution >= 4 is 21.6 Å². The Morgan fingerprint density at radius 1 is 0.838 bits per heavy atom. The summed E-state index contributed by atoms with van der Waals surface area (Å²) in [4.78, 5) is 13.0. The molecule has 8 heteroatoms. The molecule has 0 saturated heterocycles. The van der Waals surface area contributed by atoms with Gasteiger partial charge < -0.3 is 14.8 Å². The van der Waals surface area contributed by atoms with Crippen molar-refractivity contribution in [2.45, 2.75) is 18.4 Å². The molecule has 0 unspecified atom stereocenters. The molecule has 0 saturated carbocycles. The summed E-state index contributed by atoms with van der Waals surface area (Å²) in [5, 5.41) is 2.78. The predicted octanol–water partition coefficient (Wildman–Crippen LogP) is 5.63. The summed E-state index contributed by atoms with van der Waals surface area (Å²) in [6.45, 7) is 1.45. The second-order valence-electron chi connectivity index (χ2n) is 8.40. The first-order valence-corrected chi connectivity index (χ1v) is 13.1. The van der Waals surface area contributed by atoms with E-state index in [1.807, 2.05) is 60.7 Å². The van der Waals surface area contributed by atoms with Crippen LogP contribution in [0.5, 0.6) is 17.2 Å². The lowest BCUT2D eigenvalue weighted by Crippen LogP contribution is -2.37. The number of hydrogen-bond donors (Lipinski definition) is 1. The number of benzene rings is 4. The largest absolute Gasteiger partial charge is 0.495 e. The van der Waals surface area contributed by atoms with Crippen LogP contribution in [0.4, 0.5) is 5.69 Å². The van der Waals surface area contributed by atoms with Crippen molar-refractivity contribution in [3.05, 3.63) is 114 Å². The van der Waals surface area contributed by atoms with E-state index in [0.29, 0.717) is 17.2 Å². The second-order valence-corrected chi connectivity index (χ2v) is 10.3. The summed E-state index contributed by atoms with van der Waals surface area (Å²) in [5.41, 5.74) is 2.05. The molecule has 0 radical (unpaired) electrons. The monoisotopic (exact) mass is 516 g/mol. The number of sulfonamides is 1. The number of nitrogens with one attached hydrogen (secondary N) is 1. The van der Waals surface area contributed by atoms with Crippen LogP contribution in [-0.4, -0.2) is 32.3 Å². The standard InChI is InChI=1S/C29H28N2O5S/c1-22-13-18-27(35-2)28(19-22)37(33,34)31(20-23-9-5-3-6-10-23)21-29(32)30-24-14-16-26(17-15-24)36-25-11-7-4-8-12-25/h3-19H,20-21H2,1-2H3,(H,30,32). The third-order valence-electron chi connectivity index (χ3n) is 5.58. The van der Waals surface area contributed by atoms with E-state index in [1.165, 1.54) is 7.11 Å². The molecule has 0 aliphatic heterocycles. The summed E-state index contributed by atoms with van der Waals surface area (Å²) < 4.78 is 39.7. The number of amides is 1. The van der Waals surface area contributed by atoms with Crippen LogP contribution in [0.25, 0.3) is 0 Å². The molecule has 190 valence electrons. The van der Waals surface area contributed by atoms with Gasteiger partial charge in [0.05, 0.1) is 13.7 Å². The molecule has 7 nitrogen and oxygen atoms in total. The molecule has 0 aliphatic rings. The summed E-state index contributed by atoms with van der Waals surface area (Å²) in [6, 6.07) is 30.3. The van der Waals surface area contributed by atoms with E-state index in [4.69, 9.17) is 9.47 Å². The van der Waals surface area contributed by atoms with Crippen molar-refractivity contribution in [1.29, 1.82) is 0 Å². The van der Waals surface area contributed by atoms with Crippen molar-refractivity contribution in [3.8, 4) is 17.2 Å². The number of para-hydroxylation sites is 1. The highest BCUT2D eigenvalue weighted by Gasteiger charge is 2.30. The summed E-state index contributed by atoms with van der Waals surface area (Å²) in [7, 11) is -2.65. The van der Waals surface area contributed by atoms with Crippen LogP contribution in [-0.2, 0) is 21.4 Å². The minimum atomic E-state index is -4.07. The SMILES string of the molecule is COc1ccc(C)cc1S(=O)(=O)N(CC(=O)Nc1ccc(Oc2ccccc2)cc1)Cc1ccccc1. The fraction of sp³-hybridized carbons (Fsp3) is 0.138. The van der Waals surface area contributed by atoms with Crippen LogP contribution >= 0.6 is 0 Å². The van der Waals surface area contributed by atoms with Gasteiger partial charge in [0.15, 0.2) is 0 Å². The number of carbonyl (C=O) groups excluding carboxylic acids is 1. The Morgan fingerprint density at radius 2 is 1.46 bits per heavy atom. The minimum absolute atomic E-state index is 0.0149. The van der Waals surface area contributed by atoms with E-state index >= 15 is 0 Å². The minimum Gasteiger partial charge on any atom is -0.495 e. The normalized spacial score (nSPS) is 11.2. The molecule has 4 aromatic rings. The number of carbonyl (C=O) groups is 1. The van der Waals surface area contributed by atoms with Gasteiger partial charge in [-0.15, -0.1) is 0 Å². The summed E-state index contributed by atoms with van der Waals surface area (Å²) >= 11 is 0. The quantitative estimate of drug-likeness (QED) is 0.296. The smallest absolute Gasteiger partial charge is 0.247 e. The maximum atomic E-state index is 13.7. The van der Waals surface area contributed by atoms with Gasteiger partial charge in [-0.1, -0.05) is 54.6 Å². The van der Waals surface area contributed by atoms with Gasteiger partial charge >= 0.3 is 0 Å². The van der Waals surface area contributed by atoms with Gasteiger partial charge in [-0.05, 0) is 66.6 Å². The molecular formula is C29H28N2O5S. The van der Waals surface area contributed by atoms with Crippen molar-refractivity contribution in [1.82, 2.24) is 4.31 Å². The lowest BCUT2D eigenvalue weighted by molar-refractivity contribution is -0.116. The van der Waals surface area contributed by atoms with Crippen LogP contribution in [0.3, 0.4) is 0 Å². The van der Waals surface area contributed by atoms with Gasteiger partial charge in [-0.25, -0.2) is 8.42 Å². The Hall–Kier alpha value is -4.14. The number of rotatable bonds is 10. The maximum absolute atomic E-state index is 13.7. The van der Waals surface area contributed by atoms with Gasteiger partial charge in [-0.2, -0.15) is 4.31 Å². The fourth-order valence-electron chi connectivity index (χ4n) is 3.73. The van der Waals surface area contributed by atoms with E-state index in [-0.39, 0.29) is 23.7 Å². The molecule has 1 N–H and O–H groups in total. The Labute approximate surface area is 217 Å². The first-order chi connectivity index (χ1) is 17.8. The highest BCUT2D eigenvalue weighted by molar-refractivity contribution is 7.89. The van der Waals surface area contributed by atoms with Crippen LogP contribution in [0.15, 0.2) is 108 Å². The van der Waals surface area contributed by atoms with Gasteiger partial charge in [0.25, 0.3) is 0 Å². The Kier molecular flexibility index (Phi) is 8.22. The number of aryl methyl sites for hydroxylation is 1. The van der Waals surface area contributed by atoms with Crippen LogP contribution in [0, 0.1) is 6.92 Å². The number of ether oxygens (including phenoxy) is 2. The summed E-state index contributed by atoms with van der Waals surface area (Å²) in [5.74, 6) is 1.07. The Balaban J connectivity index is 1.53. The zero-order valence-corrected chi connectivity index (χ0v) is 21.4. The number of nitrogens with zero attached hydrogens (tertiary/aromatic N) is 1. The van der Waals surface area contributed by atoms with Gasteiger partial charge in [0.1, 0.15) is 22.1 Å². The molecule has 0 bridgehead atoms. The number of hydrogen-bond acceptors (Lipinski definition) is 5. The van der Waals surface area contributed by atoms with Gasteiger partial charge in [0, 0.05) is 12.2 Å². The molecule has 0 atom stereocenters. The van der Waals surface area contributed by atoms with E-state index in [2.05, 4.69) is 5.32 Å². The highest BCUT2D eigenvalue weighted by Crippen LogP contribution is 2.29. The predicted molar refractivity (Wildman–Crippen MR) is 143 cm³/mol. The molecular weight excluding hydrogens is 488 g/mol. The second kappa shape index (κ2) is 11.7. The molecule has 1 amide bonds. The van der Waals surface area contributed by atoms with Crippen LogP contribution in [0.2, 0.25) is 0 Å². The molecule has 4 rings (SSSR count). The average molecular weight is 517 g/mol. The van der Waals surface area contributed by atoms with Crippen molar-refractivity contribution in [2.24, 2.45) is 0 Å². The average Bonchev–Trinajstić information content (AvgIpc) is 2.90. The highest BCUT2D eigenvalue weighted by atomic mass is 32.2. The first-order valence-electron chi connectivity index (χ1n) is 11.7. The van der Waals surface area contributed by atoms with E-state index in [9.17, 15) is 13.2 Å². The van der Waals surface area contributed by atoms with Gasteiger partial charge in [0.2, 0.25) is 15.9 Å². The number of anilines is 1. The van der Waals surface area contributed by atoms with Crippen molar-refractivity contribution in [3.63, 3.8) is 0 Å². The van der Waals surface area contributed by atoms with E-state index < -0.39 is 15.9 Å². The first kappa shape index (κ1) is 25.9. The lowest BCUT2D eigenvalue weighted by atomic mass is 10.2. The third-order valence-corrected chi connectivity index (χ3v) is 7.39. The Bertz CT molecular complexity index is 1440.